The van der Waals surface area contributed by atoms with E-state index in [9.17, 15) is 0 Å². The van der Waals surface area contributed by atoms with Crippen molar-refractivity contribution in [1.82, 2.24) is 4.90 Å². The van der Waals surface area contributed by atoms with Crippen molar-refractivity contribution in [1.29, 1.82) is 0 Å². The molecule has 1 N–H and O–H groups in total. The van der Waals surface area contributed by atoms with Crippen LogP contribution in [0.5, 0.6) is 0 Å². The number of aliphatic hydroxyl groups excluding tert-OH is 1. The fraction of sp³-hybridized carbons (Fsp3) is 1.00. The molecule has 1 aliphatic heterocycles. The first-order valence-corrected chi connectivity index (χ1v) is 5.62. The molecule has 1 fully saturated rings. The van der Waals surface area contributed by atoms with E-state index in [1.54, 1.807) is 0 Å². The summed E-state index contributed by atoms with van der Waals surface area (Å²) in [6, 6.07) is 0. The van der Waals surface area contributed by atoms with E-state index < -0.39 is 0 Å². The first-order chi connectivity index (χ1) is 6.33. The highest BCUT2D eigenvalue weighted by molar-refractivity contribution is 4.68. The van der Waals surface area contributed by atoms with Crippen LogP contribution in [0.3, 0.4) is 0 Å². The number of aliphatic hydroxyl groups is 1. The Kier molecular flexibility index (Phi) is 14.1. The fourth-order valence-corrected chi connectivity index (χ4v) is 1.24. The molecule has 2 nitrogen and oxygen atoms in total. The SMILES string of the molecule is CC.CC.CN1CCC(CO)CC1. The number of likely N-dealkylation sites (tertiary alicyclic amines) is 1. The van der Waals surface area contributed by atoms with E-state index in [2.05, 4.69) is 11.9 Å². The van der Waals surface area contributed by atoms with Crippen LogP contribution in [0.15, 0.2) is 0 Å². The maximum absolute atomic E-state index is 8.76. The van der Waals surface area contributed by atoms with Gasteiger partial charge in [-0.2, -0.15) is 0 Å². The summed E-state index contributed by atoms with van der Waals surface area (Å²) in [5.41, 5.74) is 0. The molecule has 0 amide bonds. The van der Waals surface area contributed by atoms with Crippen molar-refractivity contribution in [2.75, 3.05) is 26.7 Å². The summed E-state index contributed by atoms with van der Waals surface area (Å²) in [6.45, 7) is 10.7. The van der Waals surface area contributed by atoms with Gasteiger partial charge in [0, 0.05) is 6.61 Å². The predicted octanol–water partition coefficient (Wildman–Crippen LogP) is 2.37. The summed E-state index contributed by atoms with van der Waals surface area (Å²) in [6.07, 6.45) is 2.35. The van der Waals surface area contributed by atoms with E-state index in [0.29, 0.717) is 12.5 Å². The van der Waals surface area contributed by atoms with Gasteiger partial charge in [-0.05, 0) is 38.9 Å². The Hall–Kier alpha value is -0.0800. The highest BCUT2D eigenvalue weighted by Crippen LogP contribution is 2.14. The third-order valence-corrected chi connectivity index (χ3v) is 2.10. The molecule has 0 saturated carbocycles. The Labute approximate surface area is 83.9 Å². The summed E-state index contributed by atoms with van der Waals surface area (Å²) >= 11 is 0. The zero-order chi connectivity index (χ0) is 10.7. The highest BCUT2D eigenvalue weighted by Gasteiger charge is 2.14. The molecule has 2 heteroatoms. The van der Waals surface area contributed by atoms with Crippen molar-refractivity contribution < 1.29 is 5.11 Å². The Bertz CT molecular complexity index is 78.2. The monoisotopic (exact) mass is 189 g/mol. The van der Waals surface area contributed by atoms with Gasteiger partial charge in [-0.1, -0.05) is 27.7 Å². The Morgan fingerprint density at radius 3 is 1.77 bits per heavy atom. The summed E-state index contributed by atoms with van der Waals surface area (Å²) in [7, 11) is 2.13. The second-order valence-electron chi connectivity index (χ2n) is 2.93. The Balaban J connectivity index is 0. The van der Waals surface area contributed by atoms with Crippen LogP contribution >= 0.6 is 0 Å². The van der Waals surface area contributed by atoms with Crippen LogP contribution in [0.4, 0.5) is 0 Å². The third kappa shape index (κ3) is 8.26. The van der Waals surface area contributed by atoms with E-state index in [0.717, 1.165) is 13.1 Å². The Morgan fingerprint density at radius 2 is 1.46 bits per heavy atom. The van der Waals surface area contributed by atoms with Gasteiger partial charge in [-0.25, -0.2) is 0 Å². The van der Waals surface area contributed by atoms with Crippen LogP contribution in [0.1, 0.15) is 40.5 Å². The van der Waals surface area contributed by atoms with E-state index in [4.69, 9.17) is 5.11 Å². The van der Waals surface area contributed by atoms with Crippen molar-refractivity contribution in [3.05, 3.63) is 0 Å². The number of rotatable bonds is 1. The van der Waals surface area contributed by atoms with Crippen LogP contribution in [0.25, 0.3) is 0 Å². The van der Waals surface area contributed by atoms with E-state index in [1.165, 1.54) is 12.8 Å². The normalized spacial score (nSPS) is 18.0. The molecule has 0 aromatic heterocycles. The summed E-state index contributed by atoms with van der Waals surface area (Å²) in [5, 5.41) is 8.76. The fourth-order valence-electron chi connectivity index (χ4n) is 1.24. The Morgan fingerprint density at radius 1 is 1.08 bits per heavy atom. The van der Waals surface area contributed by atoms with Crippen molar-refractivity contribution in [2.45, 2.75) is 40.5 Å². The molecule has 0 unspecified atom stereocenters. The van der Waals surface area contributed by atoms with Crippen LogP contribution in [0, 0.1) is 5.92 Å². The van der Waals surface area contributed by atoms with E-state index in [-0.39, 0.29) is 0 Å². The van der Waals surface area contributed by atoms with Crippen molar-refractivity contribution in [2.24, 2.45) is 5.92 Å². The summed E-state index contributed by atoms with van der Waals surface area (Å²) < 4.78 is 0. The van der Waals surface area contributed by atoms with E-state index >= 15 is 0 Å². The number of hydrogen-bond acceptors (Lipinski definition) is 2. The maximum atomic E-state index is 8.76. The van der Waals surface area contributed by atoms with Gasteiger partial charge in [-0.3, -0.25) is 0 Å². The van der Waals surface area contributed by atoms with Crippen LogP contribution in [0.2, 0.25) is 0 Å². The molecule has 1 aliphatic rings. The van der Waals surface area contributed by atoms with E-state index in [1.807, 2.05) is 27.7 Å². The van der Waals surface area contributed by atoms with Gasteiger partial charge in [0.25, 0.3) is 0 Å². The standard InChI is InChI=1S/C7H15NO.2C2H6/c1-8-4-2-7(6-9)3-5-8;2*1-2/h7,9H,2-6H2,1H3;2*1-2H3. The second kappa shape index (κ2) is 11.9. The summed E-state index contributed by atoms with van der Waals surface area (Å²) in [5.74, 6) is 0.584. The van der Waals surface area contributed by atoms with Gasteiger partial charge in [0.05, 0.1) is 0 Å². The average molecular weight is 189 g/mol. The van der Waals surface area contributed by atoms with Crippen LogP contribution in [-0.4, -0.2) is 36.8 Å². The molecule has 0 bridgehead atoms. The zero-order valence-electron chi connectivity index (χ0n) is 10.0. The van der Waals surface area contributed by atoms with Crippen molar-refractivity contribution >= 4 is 0 Å². The summed E-state index contributed by atoms with van der Waals surface area (Å²) in [4.78, 5) is 2.31. The quantitative estimate of drug-likeness (QED) is 0.684. The van der Waals surface area contributed by atoms with Crippen molar-refractivity contribution in [3.8, 4) is 0 Å². The predicted molar refractivity (Wildman–Crippen MR) is 60.0 cm³/mol. The molecule has 0 aromatic rings. The minimum atomic E-state index is 0.383. The molecule has 13 heavy (non-hydrogen) atoms. The van der Waals surface area contributed by atoms with Crippen LogP contribution < -0.4 is 0 Å². The molecule has 82 valence electrons. The first kappa shape index (κ1) is 15.4. The lowest BCUT2D eigenvalue weighted by Crippen LogP contribution is -2.31. The number of nitrogens with zero attached hydrogens (tertiary/aromatic N) is 1. The maximum Gasteiger partial charge on any atom is 0.0460 e. The second-order valence-corrected chi connectivity index (χ2v) is 2.93. The van der Waals surface area contributed by atoms with Gasteiger partial charge in [0.15, 0.2) is 0 Å². The van der Waals surface area contributed by atoms with Gasteiger partial charge < -0.3 is 10.0 Å². The van der Waals surface area contributed by atoms with Gasteiger partial charge in [0.1, 0.15) is 0 Å². The largest absolute Gasteiger partial charge is 0.396 e. The first-order valence-electron chi connectivity index (χ1n) is 5.62. The molecule has 0 radical (unpaired) electrons. The van der Waals surface area contributed by atoms with Crippen molar-refractivity contribution in [3.63, 3.8) is 0 Å². The van der Waals surface area contributed by atoms with Crippen LogP contribution in [-0.2, 0) is 0 Å². The number of hydrogen-bond donors (Lipinski definition) is 1. The molecular weight excluding hydrogens is 162 g/mol. The zero-order valence-corrected chi connectivity index (χ0v) is 10.0. The lowest BCUT2D eigenvalue weighted by atomic mass is 9.98. The molecule has 0 atom stereocenters. The number of piperidine rings is 1. The molecule has 0 spiro atoms. The van der Waals surface area contributed by atoms with Gasteiger partial charge in [0.2, 0.25) is 0 Å². The smallest absolute Gasteiger partial charge is 0.0460 e. The lowest BCUT2D eigenvalue weighted by Gasteiger charge is -2.27. The molecular formula is C11H27NO. The molecule has 1 rings (SSSR count). The minimum Gasteiger partial charge on any atom is -0.396 e. The molecule has 0 aliphatic carbocycles. The molecule has 1 heterocycles. The average Bonchev–Trinajstić information content (AvgIpc) is 2.25. The molecule has 0 aromatic carbocycles. The highest BCUT2D eigenvalue weighted by atomic mass is 16.3. The van der Waals surface area contributed by atoms with Gasteiger partial charge >= 0.3 is 0 Å². The topological polar surface area (TPSA) is 23.5 Å². The lowest BCUT2D eigenvalue weighted by molar-refractivity contribution is 0.148. The minimum absolute atomic E-state index is 0.383. The van der Waals surface area contributed by atoms with Gasteiger partial charge in [-0.15, -0.1) is 0 Å². The third-order valence-electron chi connectivity index (χ3n) is 2.10. The molecule has 1 saturated heterocycles.